The highest BCUT2D eigenvalue weighted by Gasteiger charge is 2.56. The smallest absolute Gasteiger partial charge is 0.330 e. The summed E-state index contributed by atoms with van der Waals surface area (Å²) in [6.45, 7) is 5.67. The number of phenolic OH excluding ortho intramolecular Hbond substituents is 2. The molecule has 0 aromatic heterocycles. The fourth-order valence-electron chi connectivity index (χ4n) is 7.81. The number of rotatable bonds is 4. The van der Waals surface area contributed by atoms with E-state index in [0.29, 0.717) is 41.0 Å². The largest absolute Gasteiger partial charge is 0.507 e. The quantitative estimate of drug-likeness (QED) is 0.326. The van der Waals surface area contributed by atoms with Crippen LogP contribution in [0.5, 0.6) is 23.0 Å². The molecule has 7 rings (SSSR count). The molecule has 4 aliphatic rings. The number of aryl methyl sites for hydroxylation is 1. The highest BCUT2D eigenvalue weighted by atomic mass is 16.7. The number of esters is 1. The number of hydrogen-bond donors (Lipinski definition) is 2. The van der Waals surface area contributed by atoms with Gasteiger partial charge in [-0.2, -0.15) is 5.26 Å². The Morgan fingerprint density at radius 3 is 2.55 bits per heavy atom. The molecule has 0 amide bonds. The summed E-state index contributed by atoms with van der Waals surface area (Å²) in [5, 5.41) is 33.8. The number of phenols is 2. The molecular formula is C35H35N3O6. The first-order chi connectivity index (χ1) is 21.2. The predicted molar refractivity (Wildman–Crippen MR) is 162 cm³/mol. The minimum atomic E-state index is -0.599. The number of piperazine rings is 1. The van der Waals surface area contributed by atoms with Gasteiger partial charge in [0, 0.05) is 40.4 Å². The summed E-state index contributed by atoms with van der Waals surface area (Å²) in [6, 6.07) is 12.3. The number of carbonyl (C=O) groups excluding carboxylic acids is 1. The molecule has 9 heteroatoms. The molecule has 3 aromatic carbocycles. The number of likely N-dealkylation sites (N-methyl/N-ethyl adjacent to an activating group) is 1. The van der Waals surface area contributed by atoms with Gasteiger partial charge in [-0.05, 0) is 69.0 Å². The third-order valence-electron chi connectivity index (χ3n) is 10.1. The lowest BCUT2D eigenvalue weighted by atomic mass is 9.71. The average Bonchev–Trinajstić information content (AvgIpc) is 3.51. The minimum absolute atomic E-state index is 0.0113. The number of aromatic hydroxyl groups is 2. The Morgan fingerprint density at radius 1 is 1.05 bits per heavy atom. The molecule has 44 heavy (non-hydrogen) atoms. The monoisotopic (exact) mass is 593 g/mol. The van der Waals surface area contributed by atoms with E-state index >= 15 is 0 Å². The van der Waals surface area contributed by atoms with E-state index in [1.807, 2.05) is 51.2 Å². The van der Waals surface area contributed by atoms with Crippen molar-refractivity contribution in [2.75, 3.05) is 20.4 Å². The highest BCUT2D eigenvalue weighted by molar-refractivity contribution is 5.87. The minimum Gasteiger partial charge on any atom is -0.507 e. The second kappa shape index (κ2) is 10.6. The Balaban J connectivity index is 1.35. The van der Waals surface area contributed by atoms with Crippen molar-refractivity contribution < 1.29 is 29.2 Å². The van der Waals surface area contributed by atoms with Crippen molar-refractivity contribution in [1.29, 1.82) is 5.26 Å². The fourth-order valence-corrected chi connectivity index (χ4v) is 7.81. The summed E-state index contributed by atoms with van der Waals surface area (Å²) in [7, 11) is 2.01. The van der Waals surface area contributed by atoms with Crippen LogP contribution in [0, 0.1) is 32.1 Å². The highest BCUT2D eigenvalue weighted by Crippen LogP contribution is 2.57. The molecule has 0 saturated carbocycles. The molecular weight excluding hydrogens is 558 g/mol. The molecule has 226 valence electrons. The first kappa shape index (κ1) is 28.3. The van der Waals surface area contributed by atoms with Crippen LogP contribution in [0.3, 0.4) is 0 Å². The topological polar surface area (TPSA) is 115 Å². The van der Waals surface area contributed by atoms with E-state index in [2.05, 4.69) is 21.9 Å². The van der Waals surface area contributed by atoms with E-state index in [0.717, 1.165) is 27.8 Å². The van der Waals surface area contributed by atoms with Crippen LogP contribution < -0.4 is 9.47 Å². The third-order valence-corrected chi connectivity index (χ3v) is 10.1. The van der Waals surface area contributed by atoms with Gasteiger partial charge in [0.05, 0.1) is 18.2 Å². The van der Waals surface area contributed by atoms with Crippen molar-refractivity contribution in [2.24, 2.45) is 0 Å². The van der Waals surface area contributed by atoms with Gasteiger partial charge in [0.1, 0.15) is 24.1 Å². The van der Waals surface area contributed by atoms with Crippen molar-refractivity contribution >= 4 is 12.0 Å². The van der Waals surface area contributed by atoms with Gasteiger partial charge >= 0.3 is 5.97 Å². The van der Waals surface area contributed by atoms with E-state index in [9.17, 15) is 20.3 Å². The van der Waals surface area contributed by atoms with E-state index < -0.39 is 18.1 Å². The van der Waals surface area contributed by atoms with Crippen molar-refractivity contribution in [3.05, 3.63) is 87.0 Å². The number of benzene rings is 3. The van der Waals surface area contributed by atoms with Gasteiger partial charge < -0.3 is 24.4 Å². The number of nitriles is 1. The van der Waals surface area contributed by atoms with E-state index in [-0.39, 0.29) is 43.0 Å². The zero-order valence-electron chi connectivity index (χ0n) is 25.2. The molecule has 1 fully saturated rings. The lowest BCUT2D eigenvalue weighted by molar-refractivity contribution is -0.143. The van der Waals surface area contributed by atoms with Crippen LogP contribution in [0.4, 0.5) is 0 Å². The summed E-state index contributed by atoms with van der Waals surface area (Å²) in [4.78, 5) is 17.4. The van der Waals surface area contributed by atoms with Crippen LogP contribution in [0.25, 0.3) is 6.08 Å². The molecule has 0 radical (unpaired) electrons. The van der Waals surface area contributed by atoms with Gasteiger partial charge in [0.15, 0.2) is 11.5 Å². The van der Waals surface area contributed by atoms with Crippen LogP contribution in [-0.4, -0.2) is 64.6 Å². The number of ether oxygens (including phenoxy) is 3. The number of hydrogen-bond acceptors (Lipinski definition) is 9. The van der Waals surface area contributed by atoms with Gasteiger partial charge in [-0.3, -0.25) is 9.80 Å². The normalized spacial score (nSPS) is 25.2. The van der Waals surface area contributed by atoms with Gasteiger partial charge in [-0.1, -0.05) is 36.4 Å². The van der Waals surface area contributed by atoms with Gasteiger partial charge in [0.25, 0.3) is 0 Å². The molecule has 3 aromatic rings. The molecule has 9 nitrogen and oxygen atoms in total. The maximum absolute atomic E-state index is 13.0. The number of fused-ring (bicyclic) bond motifs is 9. The Bertz CT molecular complexity index is 1750. The van der Waals surface area contributed by atoms with Crippen molar-refractivity contribution in [2.45, 2.75) is 63.8 Å². The maximum atomic E-state index is 13.0. The maximum Gasteiger partial charge on any atom is 0.330 e. The van der Waals surface area contributed by atoms with Crippen LogP contribution >= 0.6 is 0 Å². The summed E-state index contributed by atoms with van der Waals surface area (Å²) >= 11 is 0. The first-order valence-corrected chi connectivity index (χ1v) is 15.0. The number of nitrogens with zero attached hydrogens (tertiary/aromatic N) is 3. The summed E-state index contributed by atoms with van der Waals surface area (Å²) < 4.78 is 17.7. The Morgan fingerprint density at radius 2 is 1.80 bits per heavy atom. The Kier molecular flexibility index (Phi) is 6.80. The molecule has 2 N–H and O–H groups in total. The second-order valence-electron chi connectivity index (χ2n) is 12.2. The molecule has 0 aliphatic carbocycles. The van der Waals surface area contributed by atoms with Crippen LogP contribution in [-0.2, 0) is 22.4 Å². The van der Waals surface area contributed by atoms with Crippen LogP contribution in [0.2, 0.25) is 0 Å². The van der Waals surface area contributed by atoms with Crippen LogP contribution in [0.15, 0.2) is 42.5 Å². The van der Waals surface area contributed by atoms with Gasteiger partial charge in [0.2, 0.25) is 6.79 Å². The standard InChI is InChI=1S/C35H35N3O6/c1-18-12-22-13-24-26(15-36)38-25(31(37(24)4)29(22)33(41)19(18)2)14-23-30(35-34(43-17-44-35)20(3)32(23)40)27(38)16-42-28(39)11-10-21-8-6-5-7-9-21/h5-12,24-27,31,40-41H,13-14,16-17H2,1-4H3/b11-10+/t24-,25?,26-,27-,31-/m0/s1. The van der Waals surface area contributed by atoms with Gasteiger partial charge in [-0.25, -0.2) is 4.79 Å². The predicted octanol–water partition coefficient (Wildman–Crippen LogP) is 4.78. The fraction of sp³-hybridized carbons (Fsp3) is 0.371. The molecule has 4 aliphatic heterocycles. The molecule has 2 bridgehead atoms. The Hall–Kier alpha value is -4.52. The summed E-state index contributed by atoms with van der Waals surface area (Å²) in [5.74, 6) is 0.862. The second-order valence-corrected chi connectivity index (χ2v) is 12.2. The molecule has 1 saturated heterocycles. The van der Waals surface area contributed by atoms with Crippen molar-refractivity contribution in [3.8, 4) is 29.1 Å². The summed E-state index contributed by atoms with van der Waals surface area (Å²) in [5.41, 5.74) is 6.58. The van der Waals surface area contributed by atoms with Crippen LogP contribution in [0.1, 0.15) is 56.6 Å². The zero-order chi connectivity index (χ0) is 30.9. The number of carbonyl (C=O) groups is 1. The van der Waals surface area contributed by atoms with Crippen molar-refractivity contribution in [1.82, 2.24) is 9.80 Å². The Labute approximate surface area is 256 Å². The lowest BCUT2D eigenvalue weighted by Crippen LogP contribution is -2.68. The first-order valence-electron chi connectivity index (χ1n) is 15.0. The van der Waals surface area contributed by atoms with E-state index in [1.165, 1.54) is 6.08 Å². The van der Waals surface area contributed by atoms with Crippen molar-refractivity contribution in [3.63, 3.8) is 0 Å². The van der Waals surface area contributed by atoms with E-state index in [1.54, 1.807) is 13.0 Å². The lowest BCUT2D eigenvalue weighted by Gasteiger charge is -2.59. The molecule has 5 atom stereocenters. The molecule has 0 spiro atoms. The average molecular weight is 594 g/mol. The zero-order valence-corrected chi connectivity index (χ0v) is 25.2. The third kappa shape index (κ3) is 4.16. The van der Waals surface area contributed by atoms with E-state index in [4.69, 9.17) is 14.2 Å². The SMILES string of the molecule is Cc1cc2c(c(O)c1C)[C@@H]1C3Cc4c(O)c(C)c5c(c4[C@H](COC(=O)/C=C/c4ccccc4)N3[C@@H](C#N)[C@H](C2)N1C)OCO5. The molecule has 4 heterocycles. The molecule has 1 unspecified atom stereocenters. The van der Waals surface area contributed by atoms with Gasteiger partial charge in [-0.15, -0.1) is 0 Å². The summed E-state index contributed by atoms with van der Waals surface area (Å²) in [6.07, 6.45) is 4.09.